The maximum absolute atomic E-state index is 14.6. The molecule has 3 aromatic rings. The number of hydrogen-bond donors (Lipinski definition) is 3. The highest BCUT2D eigenvalue weighted by atomic mass is 127. The molecule has 0 aliphatic carbocycles. The molecule has 2 aromatic heterocycles. The number of carbonyl (C=O) groups excluding carboxylic acids is 1. The summed E-state index contributed by atoms with van der Waals surface area (Å²) in [5.74, 6) is 0.108. The van der Waals surface area contributed by atoms with Crippen LogP contribution in [0.4, 0.5) is 15.1 Å². The van der Waals surface area contributed by atoms with Gasteiger partial charge in [0.05, 0.1) is 16.1 Å². The van der Waals surface area contributed by atoms with Gasteiger partial charge in [0.15, 0.2) is 5.82 Å². The molecule has 0 bridgehead atoms. The van der Waals surface area contributed by atoms with Gasteiger partial charge in [-0.1, -0.05) is 13.8 Å². The molecule has 0 saturated carbocycles. The average molecular weight is 568 g/mol. The Labute approximate surface area is 204 Å². The largest absolute Gasteiger partial charge is 0.350 e. The number of hydrogen-bond acceptors (Lipinski definition) is 6. The van der Waals surface area contributed by atoms with Crippen molar-refractivity contribution in [2.24, 2.45) is 11.1 Å². The van der Waals surface area contributed by atoms with Crippen molar-refractivity contribution >= 4 is 50.5 Å². The van der Waals surface area contributed by atoms with Crippen LogP contribution >= 0.6 is 33.9 Å². The Kier molecular flexibility index (Phi) is 6.05. The van der Waals surface area contributed by atoms with Gasteiger partial charge < -0.3 is 20.9 Å². The van der Waals surface area contributed by atoms with E-state index in [4.69, 9.17) is 5.73 Å². The molecule has 4 rings (SSSR count). The number of halogens is 2. The second kappa shape index (κ2) is 8.38. The number of fused-ring (bicyclic) bond motifs is 3. The molecule has 0 radical (unpaired) electrons. The Bertz CT molecular complexity index is 1180. The first kappa shape index (κ1) is 23.1. The topological polar surface area (TPSA) is 97.9 Å². The molecule has 32 heavy (non-hydrogen) atoms. The van der Waals surface area contributed by atoms with Crippen molar-refractivity contribution in [3.8, 4) is 10.7 Å². The summed E-state index contributed by atoms with van der Waals surface area (Å²) in [6.45, 7) is 9.07. The molecule has 3 heterocycles. The van der Waals surface area contributed by atoms with E-state index >= 15 is 0 Å². The van der Waals surface area contributed by atoms with Gasteiger partial charge in [-0.3, -0.25) is 4.79 Å². The highest BCUT2D eigenvalue weighted by Crippen LogP contribution is 2.46. The SMILES string of the molecule is CC(C)(N)CNC(=O)c1c(Nc2ccc(I)cc2F)sc2c1CC(C)(C)Cn1cnnc1-2. The van der Waals surface area contributed by atoms with Gasteiger partial charge >= 0.3 is 0 Å². The molecule has 1 aliphatic rings. The lowest BCUT2D eigenvalue weighted by Crippen LogP contribution is -2.45. The highest BCUT2D eigenvalue weighted by Gasteiger charge is 2.35. The van der Waals surface area contributed by atoms with E-state index in [0.717, 1.165) is 26.4 Å². The van der Waals surface area contributed by atoms with Crippen LogP contribution in [0.2, 0.25) is 0 Å². The summed E-state index contributed by atoms with van der Waals surface area (Å²) >= 11 is 3.46. The summed E-state index contributed by atoms with van der Waals surface area (Å²) in [6, 6.07) is 4.96. The molecule has 7 nitrogen and oxygen atoms in total. The van der Waals surface area contributed by atoms with Crippen LogP contribution in [-0.2, 0) is 13.0 Å². The van der Waals surface area contributed by atoms with Gasteiger partial charge in [0, 0.05) is 22.2 Å². The van der Waals surface area contributed by atoms with Crippen LogP contribution in [0.5, 0.6) is 0 Å². The number of nitrogens with zero attached hydrogens (tertiary/aromatic N) is 3. The van der Waals surface area contributed by atoms with Gasteiger partial charge in [0.1, 0.15) is 17.1 Å². The van der Waals surface area contributed by atoms with Crippen molar-refractivity contribution in [2.45, 2.75) is 46.2 Å². The molecule has 1 aromatic carbocycles. The fourth-order valence-corrected chi connectivity index (χ4v) is 5.48. The number of nitrogens with one attached hydrogen (secondary N) is 2. The van der Waals surface area contributed by atoms with E-state index in [1.54, 1.807) is 12.4 Å². The number of rotatable bonds is 5. The molecule has 0 fully saturated rings. The molecule has 0 spiro atoms. The fourth-order valence-electron chi connectivity index (χ4n) is 3.79. The van der Waals surface area contributed by atoms with Crippen molar-refractivity contribution in [2.75, 3.05) is 11.9 Å². The molecule has 0 saturated heterocycles. The van der Waals surface area contributed by atoms with Crippen molar-refractivity contribution < 1.29 is 9.18 Å². The Morgan fingerprint density at radius 2 is 2.16 bits per heavy atom. The summed E-state index contributed by atoms with van der Waals surface area (Å²) in [6.07, 6.45) is 2.39. The second-order valence-electron chi connectivity index (χ2n) is 9.66. The first-order valence-electron chi connectivity index (χ1n) is 10.3. The quantitative estimate of drug-likeness (QED) is 0.393. The molecule has 10 heteroatoms. The number of anilines is 2. The number of aromatic nitrogens is 3. The lowest BCUT2D eigenvalue weighted by atomic mass is 9.85. The Hall–Kier alpha value is -2.05. The molecule has 170 valence electrons. The van der Waals surface area contributed by atoms with Crippen LogP contribution in [-0.4, -0.2) is 32.8 Å². The molecular formula is C22H26FIN6OS. The maximum atomic E-state index is 14.6. The monoisotopic (exact) mass is 568 g/mol. The van der Waals surface area contributed by atoms with Gasteiger partial charge in [-0.05, 0) is 72.0 Å². The van der Waals surface area contributed by atoms with E-state index in [-0.39, 0.29) is 17.1 Å². The van der Waals surface area contributed by atoms with Gasteiger partial charge in [0.2, 0.25) is 0 Å². The van der Waals surface area contributed by atoms with Crippen LogP contribution in [0, 0.1) is 14.8 Å². The number of nitrogens with two attached hydrogens (primary N) is 1. The zero-order valence-electron chi connectivity index (χ0n) is 18.4. The molecule has 1 amide bonds. The predicted molar refractivity (Wildman–Crippen MR) is 134 cm³/mol. The zero-order valence-corrected chi connectivity index (χ0v) is 21.4. The Morgan fingerprint density at radius 1 is 1.41 bits per heavy atom. The first-order chi connectivity index (χ1) is 14.9. The second-order valence-corrected chi connectivity index (χ2v) is 11.9. The summed E-state index contributed by atoms with van der Waals surface area (Å²) in [5.41, 5.74) is 7.12. The lowest BCUT2D eigenvalue weighted by Gasteiger charge is -2.24. The molecule has 0 unspecified atom stereocenters. The fraction of sp³-hybridized carbons (Fsp3) is 0.409. The third-order valence-corrected chi connectivity index (χ3v) is 7.00. The average Bonchev–Trinajstić information content (AvgIpc) is 3.22. The van der Waals surface area contributed by atoms with Gasteiger partial charge in [-0.15, -0.1) is 21.5 Å². The smallest absolute Gasteiger partial charge is 0.254 e. The minimum absolute atomic E-state index is 0.128. The van der Waals surface area contributed by atoms with Gasteiger partial charge in [0.25, 0.3) is 5.91 Å². The van der Waals surface area contributed by atoms with E-state index < -0.39 is 5.54 Å². The molecule has 0 atom stereocenters. The number of carbonyl (C=O) groups is 1. The Balaban J connectivity index is 1.85. The number of thiophene rings is 1. The standard InChI is InChI=1S/C22H26FIN6OS/c1-21(2)8-13-16(19(31)26-9-22(3,4)25)20(28-15-6-5-12(24)7-14(15)23)32-17(13)18-29-27-11-30(18)10-21/h5-7,11,28H,8-10,25H2,1-4H3,(H,26,31). The molecular weight excluding hydrogens is 542 g/mol. The number of amides is 1. The predicted octanol–water partition coefficient (Wildman–Crippen LogP) is 4.54. The molecule has 1 aliphatic heterocycles. The van der Waals surface area contributed by atoms with E-state index in [1.807, 2.05) is 24.5 Å². The van der Waals surface area contributed by atoms with Crippen molar-refractivity contribution in [3.05, 3.63) is 45.0 Å². The van der Waals surface area contributed by atoms with Crippen molar-refractivity contribution in [1.82, 2.24) is 20.1 Å². The summed E-state index contributed by atoms with van der Waals surface area (Å²) < 4.78 is 17.4. The van der Waals surface area contributed by atoms with Crippen molar-refractivity contribution in [3.63, 3.8) is 0 Å². The van der Waals surface area contributed by atoms with Gasteiger partial charge in [-0.25, -0.2) is 4.39 Å². The number of benzene rings is 1. The lowest BCUT2D eigenvalue weighted by molar-refractivity contribution is 0.0946. The zero-order chi connectivity index (χ0) is 23.3. The van der Waals surface area contributed by atoms with Crippen LogP contribution in [0.1, 0.15) is 43.6 Å². The summed E-state index contributed by atoms with van der Waals surface area (Å²) in [4.78, 5) is 14.3. The van der Waals surface area contributed by atoms with Crippen LogP contribution in [0.25, 0.3) is 10.7 Å². The highest BCUT2D eigenvalue weighted by molar-refractivity contribution is 14.1. The van der Waals surface area contributed by atoms with E-state index in [9.17, 15) is 9.18 Å². The maximum Gasteiger partial charge on any atom is 0.254 e. The molecule has 4 N–H and O–H groups in total. The summed E-state index contributed by atoms with van der Waals surface area (Å²) in [5, 5.41) is 15.1. The summed E-state index contributed by atoms with van der Waals surface area (Å²) in [7, 11) is 0. The Morgan fingerprint density at radius 3 is 2.84 bits per heavy atom. The third-order valence-electron chi connectivity index (χ3n) is 5.19. The van der Waals surface area contributed by atoms with E-state index in [2.05, 4.69) is 57.3 Å². The first-order valence-corrected chi connectivity index (χ1v) is 12.2. The minimum Gasteiger partial charge on any atom is -0.350 e. The van der Waals surface area contributed by atoms with Crippen LogP contribution in [0.15, 0.2) is 24.5 Å². The van der Waals surface area contributed by atoms with Gasteiger partial charge in [-0.2, -0.15) is 0 Å². The van der Waals surface area contributed by atoms with Crippen molar-refractivity contribution in [1.29, 1.82) is 0 Å². The van der Waals surface area contributed by atoms with Crippen LogP contribution < -0.4 is 16.4 Å². The van der Waals surface area contributed by atoms with Crippen LogP contribution in [0.3, 0.4) is 0 Å². The third kappa shape index (κ3) is 4.81. The normalized spacial score (nSPS) is 15.0. The van der Waals surface area contributed by atoms with E-state index in [0.29, 0.717) is 29.2 Å². The van der Waals surface area contributed by atoms with E-state index in [1.165, 1.54) is 17.4 Å². The minimum atomic E-state index is -0.558.